The first-order valence-electron chi connectivity index (χ1n) is 9.60. The van der Waals surface area contributed by atoms with Crippen LogP contribution in [0.15, 0.2) is 42.9 Å². The molecular weight excluding hydrogens is 375 g/mol. The SMILES string of the molecule is Cc1ccc(COC(=O)N2CCC(CNc3nnc4cnccn34)C(F)C2)cc1. The highest BCUT2D eigenvalue weighted by Crippen LogP contribution is 2.22. The van der Waals surface area contributed by atoms with Crippen LogP contribution in [0.25, 0.3) is 5.65 Å². The second-order valence-corrected chi connectivity index (χ2v) is 7.26. The van der Waals surface area contributed by atoms with Crippen molar-refractivity contribution in [1.82, 2.24) is 24.5 Å². The molecule has 2 aromatic heterocycles. The Bertz CT molecular complexity index is 977. The third-order valence-corrected chi connectivity index (χ3v) is 5.15. The first-order chi connectivity index (χ1) is 14.1. The quantitative estimate of drug-likeness (QED) is 0.711. The van der Waals surface area contributed by atoms with Gasteiger partial charge in [0, 0.05) is 31.4 Å². The van der Waals surface area contributed by atoms with Crippen molar-refractivity contribution in [2.75, 3.05) is 25.0 Å². The number of fused-ring (bicyclic) bond motifs is 1. The Hall–Kier alpha value is -3.23. The van der Waals surface area contributed by atoms with Gasteiger partial charge >= 0.3 is 6.09 Å². The third-order valence-electron chi connectivity index (χ3n) is 5.15. The average Bonchev–Trinajstić information content (AvgIpc) is 3.15. The van der Waals surface area contributed by atoms with E-state index >= 15 is 0 Å². The molecule has 9 heteroatoms. The van der Waals surface area contributed by atoms with E-state index in [0.29, 0.717) is 31.1 Å². The van der Waals surface area contributed by atoms with Gasteiger partial charge in [-0.05, 0) is 18.9 Å². The number of halogens is 1. The van der Waals surface area contributed by atoms with Crippen molar-refractivity contribution in [2.24, 2.45) is 5.92 Å². The summed E-state index contributed by atoms with van der Waals surface area (Å²) in [6.07, 6.45) is 3.93. The number of aryl methyl sites for hydroxylation is 1. The first-order valence-corrected chi connectivity index (χ1v) is 9.60. The van der Waals surface area contributed by atoms with Gasteiger partial charge in [-0.25, -0.2) is 9.18 Å². The van der Waals surface area contributed by atoms with Gasteiger partial charge in [0.05, 0.1) is 12.7 Å². The zero-order chi connectivity index (χ0) is 20.2. The Morgan fingerprint density at radius 3 is 2.93 bits per heavy atom. The zero-order valence-electron chi connectivity index (χ0n) is 16.2. The summed E-state index contributed by atoms with van der Waals surface area (Å²) < 4.78 is 21.8. The van der Waals surface area contributed by atoms with E-state index in [-0.39, 0.29) is 19.1 Å². The number of ether oxygens (including phenoxy) is 1. The Kier molecular flexibility index (Phi) is 5.55. The van der Waals surface area contributed by atoms with Crippen molar-refractivity contribution in [1.29, 1.82) is 0 Å². The minimum atomic E-state index is -1.14. The molecule has 29 heavy (non-hydrogen) atoms. The Balaban J connectivity index is 1.26. The van der Waals surface area contributed by atoms with Gasteiger partial charge in [0.15, 0.2) is 5.65 Å². The number of amides is 1. The third kappa shape index (κ3) is 4.44. The van der Waals surface area contributed by atoms with Gasteiger partial charge in [0.25, 0.3) is 0 Å². The second kappa shape index (κ2) is 8.42. The monoisotopic (exact) mass is 398 g/mol. The predicted octanol–water partition coefficient (Wildman–Crippen LogP) is 2.84. The lowest BCUT2D eigenvalue weighted by Gasteiger charge is -2.34. The molecule has 2 unspecified atom stereocenters. The highest BCUT2D eigenvalue weighted by molar-refractivity contribution is 5.67. The summed E-state index contributed by atoms with van der Waals surface area (Å²) in [6.45, 7) is 3.09. The molecule has 3 aromatic rings. The molecule has 0 bridgehead atoms. The van der Waals surface area contributed by atoms with Crippen LogP contribution in [0.1, 0.15) is 17.5 Å². The molecule has 8 nitrogen and oxygen atoms in total. The van der Waals surface area contributed by atoms with Crippen LogP contribution in [0.2, 0.25) is 0 Å². The molecule has 0 spiro atoms. The summed E-state index contributed by atoms with van der Waals surface area (Å²) in [5.74, 6) is 0.333. The highest BCUT2D eigenvalue weighted by Gasteiger charge is 2.32. The Morgan fingerprint density at radius 2 is 2.14 bits per heavy atom. The van der Waals surface area contributed by atoms with Crippen molar-refractivity contribution in [2.45, 2.75) is 26.1 Å². The van der Waals surface area contributed by atoms with Crippen LogP contribution in [-0.4, -0.2) is 56.4 Å². The van der Waals surface area contributed by atoms with Gasteiger partial charge in [-0.1, -0.05) is 29.8 Å². The molecule has 0 aliphatic carbocycles. The van der Waals surface area contributed by atoms with E-state index in [2.05, 4.69) is 20.5 Å². The summed E-state index contributed by atoms with van der Waals surface area (Å²) in [6, 6.07) is 7.77. The number of piperidine rings is 1. The van der Waals surface area contributed by atoms with Gasteiger partial charge in [-0.3, -0.25) is 9.38 Å². The fraction of sp³-hybridized carbons (Fsp3) is 0.400. The van der Waals surface area contributed by atoms with Crippen LogP contribution in [0.3, 0.4) is 0 Å². The number of carbonyl (C=O) groups excluding carboxylic acids is 1. The smallest absolute Gasteiger partial charge is 0.410 e. The van der Waals surface area contributed by atoms with Crippen LogP contribution in [-0.2, 0) is 11.3 Å². The molecule has 1 fully saturated rings. The van der Waals surface area contributed by atoms with Gasteiger partial charge in [0.2, 0.25) is 5.95 Å². The van der Waals surface area contributed by atoms with Crippen molar-refractivity contribution >= 4 is 17.7 Å². The fourth-order valence-corrected chi connectivity index (χ4v) is 3.37. The number of anilines is 1. The van der Waals surface area contributed by atoms with E-state index in [1.54, 1.807) is 23.0 Å². The zero-order valence-corrected chi connectivity index (χ0v) is 16.2. The molecule has 1 aliphatic heterocycles. The normalized spacial score (nSPS) is 19.3. The summed E-state index contributed by atoms with van der Waals surface area (Å²) >= 11 is 0. The molecular formula is C20H23FN6O2. The van der Waals surface area contributed by atoms with Gasteiger partial charge < -0.3 is 15.0 Å². The number of nitrogens with one attached hydrogen (secondary N) is 1. The predicted molar refractivity (Wildman–Crippen MR) is 105 cm³/mol. The van der Waals surface area contributed by atoms with E-state index in [9.17, 15) is 9.18 Å². The van der Waals surface area contributed by atoms with E-state index < -0.39 is 12.3 Å². The number of alkyl halides is 1. The lowest BCUT2D eigenvalue weighted by Crippen LogP contribution is -2.46. The number of rotatable bonds is 5. The highest BCUT2D eigenvalue weighted by atomic mass is 19.1. The van der Waals surface area contributed by atoms with E-state index in [0.717, 1.165) is 11.1 Å². The molecule has 4 rings (SSSR count). The standard InChI is InChI=1S/C20H23FN6O2/c1-14-2-4-15(5-3-14)13-29-20(28)26-8-6-16(17(21)12-26)10-23-19-25-24-18-11-22-7-9-27(18)19/h2-5,7,9,11,16-17H,6,8,10,12-13H2,1H3,(H,23,25). The van der Waals surface area contributed by atoms with Crippen LogP contribution >= 0.6 is 0 Å². The minimum Gasteiger partial charge on any atom is -0.445 e. The number of nitrogens with zero attached hydrogens (tertiary/aromatic N) is 5. The summed E-state index contributed by atoms with van der Waals surface area (Å²) in [5, 5.41) is 11.2. The van der Waals surface area contributed by atoms with Crippen molar-refractivity contribution in [3.05, 3.63) is 54.0 Å². The lowest BCUT2D eigenvalue weighted by molar-refractivity contribution is 0.0544. The molecule has 1 aromatic carbocycles. The van der Waals surface area contributed by atoms with Crippen molar-refractivity contribution in [3.63, 3.8) is 0 Å². The van der Waals surface area contributed by atoms with Gasteiger partial charge in [-0.2, -0.15) is 0 Å². The minimum absolute atomic E-state index is 0.0313. The van der Waals surface area contributed by atoms with E-state index in [4.69, 9.17) is 4.74 Å². The lowest BCUT2D eigenvalue weighted by atomic mass is 9.95. The number of hydrogen-bond donors (Lipinski definition) is 1. The Morgan fingerprint density at radius 1 is 1.31 bits per heavy atom. The molecule has 1 amide bonds. The molecule has 2 atom stereocenters. The maximum atomic E-state index is 14.7. The summed E-state index contributed by atoms with van der Waals surface area (Å²) in [4.78, 5) is 17.7. The maximum absolute atomic E-state index is 14.7. The van der Waals surface area contributed by atoms with Crippen LogP contribution in [0, 0.1) is 12.8 Å². The second-order valence-electron chi connectivity index (χ2n) is 7.26. The molecule has 0 saturated carbocycles. The van der Waals surface area contributed by atoms with Gasteiger partial charge in [-0.15, -0.1) is 10.2 Å². The molecule has 3 heterocycles. The van der Waals surface area contributed by atoms with Crippen LogP contribution in [0.4, 0.5) is 15.1 Å². The molecule has 1 N–H and O–H groups in total. The fourth-order valence-electron chi connectivity index (χ4n) is 3.37. The summed E-state index contributed by atoms with van der Waals surface area (Å²) in [7, 11) is 0. The van der Waals surface area contributed by atoms with Crippen molar-refractivity contribution < 1.29 is 13.9 Å². The number of carbonyl (C=O) groups is 1. The number of benzene rings is 1. The number of hydrogen-bond acceptors (Lipinski definition) is 6. The average molecular weight is 398 g/mol. The number of likely N-dealkylation sites (tertiary alicyclic amines) is 1. The number of aromatic nitrogens is 4. The van der Waals surface area contributed by atoms with Crippen molar-refractivity contribution in [3.8, 4) is 0 Å². The maximum Gasteiger partial charge on any atom is 0.410 e. The first kappa shape index (κ1) is 19.1. The van der Waals surface area contributed by atoms with Gasteiger partial charge in [0.1, 0.15) is 12.8 Å². The molecule has 152 valence electrons. The Labute approximate surface area is 167 Å². The van der Waals surface area contributed by atoms with Crippen LogP contribution in [0.5, 0.6) is 0 Å². The molecule has 1 aliphatic rings. The molecule has 0 radical (unpaired) electrons. The van der Waals surface area contributed by atoms with E-state index in [1.807, 2.05) is 31.2 Å². The van der Waals surface area contributed by atoms with Crippen LogP contribution < -0.4 is 5.32 Å². The van der Waals surface area contributed by atoms with E-state index in [1.165, 1.54) is 4.90 Å². The molecule has 1 saturated heterocycles. The summed E-state index contributed by atoms with van der Waals surface area (Å²) in [5.41, 5.74) is 2.68. The topological polar surface area (TPSA) is 84.6 Å². The largest absolute Gasteiger partial charge is 0.445 e.